The van der Waals surface area contributed by atoms with E-state index in [4.69, 9.17) is 14.2 Å². The molecule has 0 spiro atoms. The summed E-state index contributed by atoms with van der Waals surface area (Å²) in [6.45, 7) is 6.41. The fraction of sp³-hybridized carbons (Fsp3) is 0.691. The van der Waals surface area contributed by atoms with E-state index in [0.29, 0.717) is 19.3 Å². The van der Waals surface area contributed by atoms with Crippen molar-refractivity contribution in [2.24, 2.45) is 0 Å². The largest absolute Gasteiger partial charge is 0.462 e. The van der Waals surface area contributed by atoms with Crippen LogP contribution in [0.3, 0.4) is 0 Å². The Morgan fingerprint density at radius 1 is 0.284 bits per heavy atom. The Hall–Kier alpha value is -3.93. The van der Waals surface area contributed by atoms with Crippen molar-refractivity contribution in [2.45, 2.75) is 290 Å². The van der Waals surface area contributed by atoms with E-state index in [2.05, 4.69) is 130 Å². The van der Waals surface area contributed by atoms with Crippen LogP contribution in [0.5, 0.6) is 0 Å². The molecule has 0 heterocycles. The van der Waals surface area contributed by atoms with Gasteiger partial charge >= 0.3 is 17.9 Å². The first kappa shape index (κ1) is 70.1. The number of carbonyl (C=O) groups is 3. The predicted octanol–water partition coefficient (Wildman–Crippen LogP) is 21.0. The Bertz CT molecular complexity index is 1510. The predicted molar refractivity (Wildman–Crippen MR) is 320 cm³/mol. The van der Waals surface area contributed by atoms with Gasteiger partial charge in [-0.2, -0.15) is 0 Å². The van der Waals surface area contributed by atoms with Crippen LogP contribution in [0.15, 0.2) is 109 Å². The van der Waals surface area contributed by atoms with Crippen molar-refractivity contribution in [1.29, 1.82) is 0 Å². The van der Waals surface area contributed by atoms with Crippen molar-refractivity contribution < 1.29 is 28.6 Å². The molecular formula is C68H114O6. The highest BCUT2D eigenvalue weighted by Crippen LogP contribution is 2.16. The SMILES string of the molecule is CC/C=C\C/C=C\C/C=C\C/C=C\C/C=C\CCCCCCCC(=O)OCC(COC(=O)CCCCCCCCCCCCCCCCCC)OC(=O)CCCCCCCC/C=C\C/C=C\C/C=C\C/C=C\CC. The molecule has 0 aliphatic heterocycles. The normalized spacial score (nSPS) is 12.9. The Labute approximate surface area is 457 Å². The third-order valence-corrected chi connectivity index (χ3v) is 13.0. The molecule has 0 aliphatic rings. The monoisotopic (exact) mass is 1030 g/mol. The van der Waals surface area contributed by atoms with Crippen molar-refractivity contribution in [3.05, 3.63) is 109 Å². The van der Waals surface area contributed by atoms with Crippen molar-refractivity contribution in [3.63, 3.8) is 0 Å². The van der Waals surface area contributed by atoms with Crippen molar-refractivity contribution in [1.82, 2.24) is 0 Å². The molecule has 0 N–H and O–H groups in total. The zero-order chi connectivity index (χ0) is 53.6. The lowest BCUT2D eigenvalue weighted by molar-refractivity contribution is -0.167. The van der Waals surface area contributed by atoms with E-state index in [1.165, 1.54) is 96.3 Å². The van der Waals surface area contributed by atoms with E-state index in [-0.39, 0.29) is 31.1 Å². The van der Waals surface area contributed by atoms with Gasteiger partial charge in [-0.1, -0.05) is 271 Å². The van der Waals surface area contributed by atoms with Gasteiger partial charge in [-0.25, -0.2) is 0 Å². The molecule has 0 aromatic rings. The zero-order valence-corrected chi connectivity index (χ0v) is 48.3. The number of rotatable bonds is 55. The third kappa shape index (κ3) is 59.0. The molecular weight excluding hydrogens is 913 g/mol. The summed E-state index contributed by atoms with van der Waals surface area (Å²) in [5.41, 5.74) is 0. The van der Waals surface area contributed by atoms with E-state index >= 15 is 0 Å². The van der Waals surface area contributed by atoms with Gasteiger partial charge in [0.15, 0.2) is 6.10 Å². The first-order valence-electron chi connectivity index (χ1n) is 30.9. The average Bonchev–Trinajstić information content (AvgIpc) is 3.40. The maximum atomic E-state index is 12.9. The summed E-state index contributed by atoms with van der Waals surface area (Å²) >= 11 is 0. The molecule has 422 valence electrons. The number of carbonyl (C=O) groups excluding carboxylic acids is 3. The summed E-state index contributed by atoms with van der Waals surface area (Å²) in [4.78, 5) is 38.3. The quantitative estimate of drug-likeness (QED) is 0.0261. The first-order chi connectivity index (χ1) is 36.5. The molecule has 0 rings (SSSR count). The van der Waals surface area contributed by atoms with Crippen molar-refractivity contribution in [3.8, 4) is 0 Å². The van der Waals surface area contributed by atoms with Gasteiger partial charge in [0.1, 0.15) is 13.2 Å². The molecule has 0 radical (unpaired) electrons. The molecule has 1 unspecified atom stereocenters. The van der Waals surface area contributed by atoms with Gasteiger partial charge in [-0.3, -0.25) is 14.4 Å². The van der Waals surface area contributed by atoms with Gasteiger partial charge in [0.05, 0.1) is 0 Å². The van der Waals surface area contributed by atoms with E-state index in [9.17, 15) is 14.4 Å². The fourth-order valence-corrected chi connectivity index (χ4v) is 8.46. The molecule has 1 atom stereocenters. The summed E-state index contributed by atoms with van der Waals surface area (Å²) in [7, 11) is 0. The highest BCUT2D eigenvalue weighted by molar-refractivity contribution is 5.71. The third-order valence-electron chi connectivity index (χ3n) is 13.0. The second kappa shape index (κ2) is 61.6. The molecule has 6 nitrogen and oxygen atoms in total. The topological polar surface area (TPSA) is 78.9 Å². The second-order valence-corrected chi connectivity index (χ2v) is 20.2. The molecule has 74 heavy (non-hydrogen) atoms. The van der Waals surface area contributed by atoms with Crippen molar-refractivity contribution >= 4 is 17.9 Å². The van der Waals surface area contributed by atoms with Crippen LogP contribution in [0.2, 0.25) is 0 Å². The summed E-state index contributed by atoms with van der Waals surface area (Å²) in [5.74, 6) is -0.916. The van der Waals surface area contributed by atoms with Crippen LogP contribution >= 0.6 is 0 Å². The number of hydrogen-bond acceptors (Lipinski definition) is 6. The minimum absolute atomic E-state index is 0.0894. The smallest absolute Gasteiger partial charge is 0.306 e. The van der Waals surface area contributed by atoms with Crippen molar-refractivity contribution in [2.75, 3.05) is 13.2 Å². The molecule has 0 saturated carbocycles. The second-order valence-electron chi connectivity index (χ2n) is 20.2. The Balaban J connectivity index is 4.45. The van der Waals surface area contributed by atoms with E-state index in [0.717, 1.165) is 148 Å². The van der Waals surface area contributed by atoms with Crippen LogP contribution in [0.25, 0.3) is 0 Å². The van der Waals surface area contributed by atoms with Crippen LogP contribution in [0, 0.1) is 0 Å². The van der Waals surface area contributed by atoms with Gasteiger partial charge in [0, 0.05) is 19.3 Å². The average molecular weight is 1030 g/mol. The zero-order valence-electron chi connectivity index (χ0n) is 48.3. The molecule has 0 fully saturated rings. The van der Waals surface area contributed by atoms with Crippen LogP contribution in [-0.2, 0) is 28.6 Å². The van der Waals surface area contributed by atoms with Gasteiger partial charge < -0.3 is 14.2 Å². The lowest BCUT2D eigenvalue weighted by Gasteiger charge is -2.18. The lowest BCUT2D eigenvalue weighted by Crippen LogP contribution is -2.30. The number of esters is 3. The molecule has 0 aliphatic carbocycles. The van der Waals surface area contributed by atoms with Crippen LogP contribution in [0.1, 0.15) is 284 Å². The Morgan fingerprint density at radius 2 is 0.527 bits per heavy atom. The lowest BCUT2D eigenvalue weighted by atomic mass is 10.0. The highest BCUT2D eigenvalue weighted by atomic mass is 16.6. The molecule has 0 aromatic carbocycles. The van der Waals surface area contributed by atoms with Gasteiger partial charge in [0.2, 0.25) is 0 Å². The Morgan fingerprint density at radius 3 is 0.824 bits per heavy atom. The number of allylic oxidation sites excluding steroid dienone is 18. The van der Waals surface area contributed by atoms with E-state index < -0.39 is 6.10 Å². The van der Waals surface area contributed by atoms with Crippen LogP contribution in [0.4, 0.5) is 0 Å². The summed E-state index contributed by atoms with van der Waals surface area (Å²) in [5, 5.41) is 0. The maximum absolute atomic E-state index is 12.9. The maximum Gasteiger partial charge on any atom is 0.306 e. The molecule has 0 amide bonds. The standard InChI is InChI=1S/C68H114O6/c1-4-7-10-13-16-19-22-25-28-31-33-34-36-37-40-43-46-49-52-55-58-61-67(70)73-64-65(63-72-66(69)60-57-54-51-48-45-42-39-30-27-24-21-18-15-12-9-6-3)74-68(71)62-59-56-53-50-47-44-41-38-35-32-29-26-23-20-17-14-11-8-5-2/h7-8,10-11,16-17,19-20,25-26,28-29,33-35,37-38,40,65H,4-6,9,12-15,18,21-24,27,30-32,36,39,41-64H2,1-3H3/b10-7-,11-8-,19-16-,20-17-,28-25-,29-26-,34-33-,38-35-,40-37-. The Kier molecular flexibility index (Phi) is 58.3. The number of unbranched alkanes of at least 4 members (excludes halogenated alkanes) is 26. The van der Waals surface area contributed by atoms with Gasteiger partial charge in [-0.15, -0.1) is 0 Å². The molecule has 6 heteroatoms. The minimum atomic E-state index is -0.796. The van der Waals surface area contributed by atoms with Crippen LogP contribution < -0.4 is 0 Å². The summed E-state index contributed by atoms with van der Waals surface area (Å²) in [6.07, 6.45) is 83.6. The van der Waals surface area contributed by atoms with Gasteiger partial charge in [0.25, 0.3) is 0 Å². The molecule has 0 bridgehead atoms. The highest BCUT2D eigenvalue weighted by Gasteiger charge is 2.19. The number of ether oxygens (including phenoxy) is 3. The van der Waals surface area contributed by atoms with Gasteiger partial charge in [-0.05, 0) is 103 Å². The summed E-state index contributed by atoms with van der Waals surface area (Å²) in [6, 6.07) is 0. The summed E-state index contributed by atoms with van der Waals surface area (Å²) < 4.78 is 16.9. The molecule has 0 saturated heterocycles. The first-order valence-corrected chi connectivity index (χ1v) is 30.9. The fourth-order valence-electron chi connectivity index (χ4n) is 8.46. The van der Waals surface area contributed by atoms with Crippen LogP contribution in [-0.4, -0.2) is 37.2 Å². The minimum Gasteiger partial charge on any atom is -0.462 e. The van der Waals surface area contributed by atoms with E-state index in [1.807, 2.05) is 0 Å². The number of hydrogen-bond donors (Lipinski definition) is 0. The molecule has 0 aromatic heterocycles. The van der Waals surface area contributed by atoms with E-state index in [1.54, 1.807) is 0 Å².